The number of aryl methyl sites for hydroxylation is 1. The van der Waals surface area contributed by atoms with Crippen LogP contribution in [-0.4, -0.2) is 54.2 Å². The number of hydrogen-bond acceptors (Lipinski definition) is 4. The molecule has 1 saturated heterocycles. The Labute approximate surface area is 211 Å². The third-order valence-electron chi connectivity index (χ3n) is 8.59. The van der Waals surface area contributed by atoms with Crippen LogP contribution in [0.2, 0.25) is 0 Å². The maximum Gasteiger partial charge on any atom is 0.235 e. The molecule has 0 radical (unpaired) electrons. The predicted octanol–water partition coefficient (Wildman–Crippen LogP) is 4.92. The fraction of sp³-hybridized carbons (Fsp3) is 0.333. The molecule has 0 bridgehead atoms. The zero-order chi connectivity index (χ0) is 24.4. The largest absolute Gasteiger partial charge is 0.369 e. The van der Waals surface area contributed by atoms with Gasteiger partial charge in [0.25, 0.3) is 0 Å². The Bertz CT molecular complexity index is 1480. The molecule has 182 valence electrons. The van der Waals surface area contributed by atoms with Gasteiger partial charge in [0.15, 0.2) is 0 Å². The first kappa shape index (κ1) is 21.6. The van der Waals surface area contributed by atoms with Crippen molar-refractivity contribution in [2.45, 2.75) is 31.1 Å². The summed E-state index contributed by atoms with van der Waals surface area (Å²) in [6.07, 6.45) is 1.83. The molecule has 3 aliphatic rings. The number of nitrogens with one attached hydrogen (secondary N) is 2. The van der Waals surface area contributed by atoms with Crippen molar-refractivity contribution in [3.05, 3.63) is 77.4 Å². The lowest BCUT2D eigenvalue weighted by atomic mass is 9.90. The van der Waals surface area contributed by atoms with Crippen molar-refractivity contribution >= 4 is 28.2 Å². The van der Waals surface area contributed by atoms with E-state index in [1.807, 2.05) is 0 Å². The van der Waals surface area contributed by atoms with Crippen LogP contribution in [0.3, 0.4) is 0 Å². The molecule has 7 rings (SSSR count). The van der Waals surface area contributed by atoms with E-state index in [0.717, 1.165) is 66.9 Å². The van der Waals surface area contributed by atoms with Crippen molar-refractivity contribution in [3.63, 3.8) is 0 Å². The number of nitrogens with zero attached hydrogens (tertiary/aromatic N) is 3. The minimum Gasteiger partial charge on any atom is -0.369 e. The van der Waals surface area contributed by atoms with Crippen LogP contribution in [0.1, 0.15) is 36.0 Å². The number of rotatable bonds is 4. The van der Waals surface area contributed by atoms with Gasteiger partial charge in [0.05, 0.1) is 16.6 Å². The van der Waals surface area contributed by atoms with Crippen LogP contribution in [0.25, 0.3) is 22.2 Å². The van der Waals surface area contributed by atoms with Gasteiger partial charge >= 0.3 is 0 Å². The minimum absolute atomic E-state index is 0.140. The highest BCUT2D eigenvalue weighted by Crippen LogP contribution is 2.65. The molecule has 4 aromatic rings. The fourth-order valence-corrected chi connectivity index (χ4v) is 6.23. The van der Waals surface area contributed by atoms with Gasteiger partial charge in [-0.2, -0.15) is 5.10 Å². The molecule has 1 spiro atoms. The van der Waals surface area contributed by atoms with Crippen molar-refractivity contribution in [1.82, 2.24) is 15.1 Å². The molecule has 3 aromatic carbocycles. The maximum atomic E-state index is 13.1. The number of aromatic nitrogens is 2. The van der Waals surface area contributed by atoms with Crippen LogP contribution < -0.4 is 10.2 Å². The quantitative estimate of drug-likeness (QED) is 0.438. The Morgan fingerprint density at radius 3 is 2.58 bits per heavy atom. The monoisotopic (exact) mass is 477 g/mol. The van der Waals surface area contributed by atoms with Crippen LogP contribution in [0.15, 0.2) is 60.7 Å². The normalized spacial score (nSPS) is 23.3. The average molecular weight is 478 g/mol. The van der Waals surface area contributed by atoms with Gasteiger partial charge < -0.3 is 15.1 Å². The maximum absolute atomic E-state index is 13.1. The molecule has 2 aliphatic heterocycles. The molecule has 2 atom stereocenters. The van der Waals surface area contributed by atoms with Gasteiger partial charge in [0.1, 0.15) is 0 Å². The predicted molar refractivity (Wildman–Crippen MR) is 145 cm³/mol. The van der Waals surface area contributed by atoms with Gasteiger partial charge in [0, 0.05) is 54.4 Å². The summed E-state index contributed by atoms with van der Waals surface area (Å²) in [6.45, 7) is 6.49. The first-order chi connectivity index (χ1) is 17.6. The van der Waals surface area contributed by atoms with E-state index in [1.165, 1.54) is 22.4 Å². The van der Waals surface area contributed by atoms with Crippen molar-refractivity contribution in [1.29, 1.82) is 0 Å². The SMILES string of the molecule is CCc1ccc2c(c1)C1(C[C@H]1c1ccc3c(-c4ccc(N5CCN(C)CC5)cc4)n[nH]c3c1)C(=O)N2. The van der Waals surface area contributed by atoms with Crippen molar-refractivity contribution < 1.29 is 4.79 Å². The van der Waals surface area contributed by atoms with E-state index in [0.29, 0.717) is 0 Å². The van der Waals surface area contributed by atoms with Crippen molar-refractivity contribution in [2.75, 3.05) is 43.4 Å². The molecule has 3 heterocycles. The zero-order valence-electron chi connectivity index (χ0n) is 20.8. The molecule has 1 aromatic heterocycles. The van der Waals surface area contributed by atoms with Gasteiger partial charge in [-0.15, -0.1) is 0 Å². The summed E-state index contributed by atoms with van der Waals surface area (Å²) in [5.41, 5.74) is 8.59. The van der Waals surface area contributed by atoms with E-state index in [4.69, 9.17) is 0 Å². The third kappa shape index (κ3) is 3.21. The first-order valence-corrected chi connectivity index (χ1v) is 13.0. The zero-order valence-corrected chi connectivity index (χ0v) is 20.8. The molecule has 1 amide bonds. The average Bonchev–Trinajstić information content (AvgIpc) is 3.44. The molecular formula is C30H31N5O. The number of carbonyl (C=O) groups excluding carboxylic acids is 1. The topological polar surface area (TPSA) is 64.3 Å². The smallest absolute Gasteiger partial charge is 0.235 e. The van der Waals surface area contributed by atoms with Crippen molar-refractivity contribution in [2.24, 2.45) is 0 Å². The second-order valence-electron chi connectivity index (χ2n) is 10.6. The summed E-state index contributed by atoms with van der Waals surface area (Å²) < 4.78 is 0. The molecular weight excluding hydrogens is 446 g/mol. The lowest BCUT2D eigenvalue weighted by Crippen LogP contribution is -2.44. The van der Waals surface area contributed by atoms with Gasteiger partial charge in [0.2, 0.25) is 5.91 Å². The molecule has 6 nitrogen and oxygen atoms in total. The molecule has 2 fully saturated rings. The third-order valence-corrected chi connectivity index (χ3v) is 8.59. The lowest BCUT2D eigenvalue weighted by Gasteiger charge is -2.34. The number of carbonyl (C=O) groups is 1. The second-order valence-corrected chi connectivity index (χ2v) is 10.6. The molecule has 2 N–H and O–H groups in total. The van der Waals surface area contributed by atoms with E-state index in [-0.39, 0.29) is 11.8 Å². The van der Waals surface area contributed by atoms with Crippen LogP contribution in [0, 0.1) is 0 Å². The summed E-state index contributed by atoms with van der Waals surface area (Å²) in [7, 11) is 2.18. The van der Waals surface area contributed by atoms with Gasteiger partial charge in [-0.25, -0.2) is 0 Å². The summed E-state index contributed by atoms with van der Waals surface area (Å²) in [4.78, 5) is 17.9. The molecule has 36 heavy (non-hydrogen) atoms. The fourth-order valence-electron chi connectivity index (χ4n) is 6.23. The highest BCUT2D eigenvalue weighted by molar-refractivity contribution is 6.10. The lowest BCUT2D eigenvalue weighted by molar-refractivity contribution is -0.118. The number of piperazine rings is 1. The Hall–Kier alpha value is -3.64. The van der Waals surface area contributed by atoms with E-state index < -0.39 is 5.41 Å². The van der Waals surface area contributed by atoms with Gasteiger partial charge in [-0.05, 0) is 60.8 Å². The number of anilines is 2. The highest BCUT2D eigenvalue weighted by atomic mass is 16.2. The number of likely N-dealkylation sites (N-methyl/N-ethyl adjacent to an activating group) is 1. The number of benzene rings is 3. The van der Waals surface area contributed by atoms with Crippen LogP contribution >= 0.6 is 0 Å². The Morgan fingerprint density at radius 2 is 1.81 bits per heavy atom. The number of H-pyrrole nitrogens is 1. The highest BCUT2D eigenvalue weighted by Gasteiger charge is 2.65. The van der Waals surface area contributed by atoms with Crippen LogP contribution in [-0.2, 0) is 16.6 Å². The number of hydrogen-bond donors (Lipinski definition) is 2. The minimum atomic E-state index is -0.421. The molecule has 1 saturated carbocycles. The van der Waals surface area contributed by atoms with E-state index in [2.05, 4.69) is 99.9 Å². The van der Waals surface area contributed by atoms with E-state index in [9.17, 15) is 4.79 Å². The summed E-state index contributed by atoms with van der Waals surface area (Å²) in [5, 5.41) is 12.2. The Kier molecular flexibility index (Phi) is 4.77. The molecule has 1 unspecified atom stereocenters. The first-order valence-electron chi connectivity index (χ1n) is 13.0. The molecule has 6 heteroatoms. The standard InChI is InChI=1S/C30H31N5O/c1-3-19-4-11-26-24(16-19)30(29(36)31-26)18-25(30)21-7-10-23-27(17-21)32-33-28(23)20-5-8-22(9-6-20)35-14-12-34(2)13-15-35/h4-11,16-17,25H,3,12-15,18H2,1-2H3,(H,31,36)(H,32,33)/t25-,30?/m0/s1. The summed E-state index contributed by atoms with van der Waals surface area (Å²) in [5.74, 6) is 0.339. The summed E-state index contributed by atoms with van der Waals surface area (Å²) in [6, 6.07) is 21.7. The number of aromatic amines is 1. The Morgan fingerprint density at radius 1 is 1.00 bits per heavy atom. The summed E-state index contributed by atoms with van der Waals surface area (Å²) >= 11 is 0. The second kappa shape index (κ2) is 7.93. The van der Waals surface area contributed by atoms with E-state index >= 15 is 0 Å². The Balaban J connectivity index is 1.16. The number of amides is 1. The van der Waals surface area contributed by atoms with Gasteiger partial charge in [-0.3, -0.25) is 9.89 Å². The van der Waals surface area contributed by atoms with Gasteiger partial charge in [-0.1, -0.05) is 43.3 Å². The van der Waals surface area contributed by atoms with E-state index in [1.54, 1.807) is 0 Å². The van der Waals surface area contributed by atoms with Crippen molar-refractivity contribution in [3.8, 4) is 11.3 Å². The van der Waals surface area contributed by atoms with Crippen LogP contribution in [0.4, 0.5) is 11.4 Å². The van der Waals surface area contributed by atoms with Crippen LogP contribution in [0.5, 0.6) is 0 Å². The molecule has 1 aliphatic carbocycles. The number of fused-ring (bicyclic) bond motifs is 3.